The molecule has 0 N–H and O–H groups in total. The maximum absolute atomic E-state index is 12.2. The fourth-order valence-electron chi connectivity index (χ4n) is 2.35. The Bertz CT molecular complexity index is 341. The third-order valence-corrected chi connectivity index (χ3v) is 3.25. The van der Waals surface area contributed by atoms with Gasteiger partial charge in [-0.2, -0.15) is 0 Å². The zero-order valence-corrected chi connectivity index (χ0v) is 13.1. The Morgan fingerprint density at radius 3 is 2.50 bits per heavy atom. The Morgan fingerprint density at radius 2 is 2.00 bits per heavy atom. The van der Waals surface area contributed by atoms with Gasteiger partial charge in [0.15, 0.2) is 0 Å². The Labute approximate surface area is 121 Å². The van der Waals surface area contributed by atoms with E-state index in [2.05, 4.69) is 0 Å². The van der Waals surface area contributed by atoms with Crippen LogP contribution in [-0.2, 0) is 14.3 Å². The van der Waals surface area contributed by atoms with Crippen molar-refractivity contribution >= 4 is 12.4 Å². The van der Waals surface area contributed by atoms with Crippen molar-refractivity contribution in [2.75, 3.05) is 33.4 Å². The summed E-state index contributed by atoms with van der Waals surface area (Å²) in [5, 5.41) is 0. The fraction of sp³-hybridized carbons (Fsp3) is 0.857. The molecule has 0 aliphatic carbocycles. The molecule has 1 fully saturated rings. The maximum atomic E-state index is 12.2. The molecule has 2 atom stereocenters. The van der Waals surface area contributed by atoms with Crippen LogP contribution in [-0.4, -0.2) is 73.2 Å². The predicted molar refractivity (Wildman–Crippen MR) is 75.7 cm³/mol. The number of ether oxygens (including phenoxy) is 2. The van der Waals surface area contributed by atoms with Gasteiger partial charge in [0.25, 0.3) is 0 Å². The van der Waals surface area contributed by atoms with Gasteiger partial charge in [0.1, 0.15) is 11.9 Å². The SMILES string of the molecule is COC[C@H]1CN(C(=O)OC(C)(C)C)[C@H](C)CN1CC=O. The van der Waals surface area contributed by atoms with E-state index in [9.17, 15) is 9.59 Å². The number of amides is 1. The predicted octanol–water partition coefficient (Wildman–Crippen LogP) is 1.14. The van der Waals surface area contributed by atoms with Crippen LogP contribution in [0.15, 0.2) is 0 Å². The summed E-state index contributed by atoms with van der Waals surface area (Å²) >= 11 is 0. The maximum Gasteiger partial charge on any atom is 0.410 e. The van der Waals surface area contributed by atoms with Crippen LogP contribution in [0.5, 0.6) is 0 Å². The van der Waals surface area contributed by atoms with Crippen LogP contribution in [0.4, 0.5) is 4.79 Å². The van der Waals surface area contributed by atoms with Crippen molar-refractivity contribution in [3.05, 3.63) is 0 Å². The van der Waals surface area contributed by atoms with Gasteiger partial charge < -0.3 is 19.2 Å². The minimum absolute atomic E-state index is 0.0120. The highest BCUT2D eigenvalue weighted by molar-refractivity contribution is 5.69. The topological polar surface area (TPSA) is 59.1 Å². The lowest BCUT2D eigenvalue weighted by molar-refractivity contribution is -0.110. The molecule has 1 heterocycles. The zero-order valence-electron chi connectivity index (χ0n) is 13.1. The van der Waals surface area contributed by atoms with Gasteiger partial charge in [-0.3, -0.25) is 4.90 Å². The van der Waals surface area contributed by atoms with Crippen LogP contribution in [0.3, 0.4) is 0 Å². The van der Waals surface area contributed by atoms with E-state index in [0.29, 0.717) is 26.2 Å². The number of carbonyl (C=O) groups is 2. The lowest BCUT2D eigenvalue weighted by Gasteiger charge is -2.44. The van der Waals surface area contributed by atoms with Crippen LogP contribution in [0.25, 0.3) is 0 Å². The van der Waals surface area contributed by atoms with Crippen LogP contribution in [0.1, 0.15) is 27.7 Å². The van der Waals surface area contributed by atoms with Gasteiger partial charge in [-0.1, -0.05) is 0 Å². The average molecular weight is 286 g/mol. The molecule has 0 aromatic heterocycles. The van der Waals surface area contributed by atoms with Crippen LogP contribution >= 0.6 is 0 Å². The number of hydrogen-bond acceptors (Lipinski definition) is 5. The molecule has 0 saturated carbocycles. The van der Waals surface area contributed by atoms with Crippen molar-refractivity contribution in [2.45, 2.75) is 45.4 Å². The first-order chi connectivity index (χ1) is 9.28. The largest absolute Gasteiger partial charge is 0.444 e. The summed E-state index contributed by atoms with van der Waals surface area (Å²) in [7, 11) is 1.62. The van der Waals surface area contributed by atoms with Crippen molar-refractivity contribution in [3.8, 4) is 0 Å². The van der Waals surface area contributed by atoms with E-state index in [-0.39, 0.29) is 18.2 Å². The number of hydrogen-bond donors (Lipinski definition) is 0. The molecule has 0 aromatic rings. The molecule has 0 radical (unpaired) electrons. The van der Waals surface area contributed by atoms with Gasteiger partial charge >= 0.3 is 6.09 Å². The van der Waals surface area contributed by atoms with Crippen LogP contribution in [0, 0.1) is 0 Å². The molecule has 6 nitrogen and oxygen atoms in total. The van der Waals surface area contributed by atoms with Crippen molar-refractivity contribution in [3.63, 3.8) is 0 Å². The van der Waals surface area contributed by atoms with E-state index in [0.717, 1.165) is 6.29 Å². The second-order valence-electron chi connectivity index (χ2n) is 6.21. The Morgan fingerprint density at radius 1 is 1.35 bits per heavy atom. The quantitative estimate of drug-likeness (QED) is 0.725. The Kier molecular flexibility index (Phi) is 5.95. The summed E-state index contributed by atoms with van der Waals surface area (Å²) in [5.74, 6) is 0. The van der Waals surface area contributed by atoms with Crippen molar-refractivity contribution in [2.24, 2.45) is 0 Å². The first kappa shape index (κ1) is 16.9. The van der Waals surface area contributed by atoms with Gasteiger partial charge in [0, 0.05) is 26.2 Å². The van der Waals surface area contributed by atoms with Gasteiger partial charge in [-0.05, 0) is 27.7 Å². The molecule has 0 spiro atoms. The molecule has 116 valence electrons. The third-order valence-electron chi connectivity index (χ3n) is 3.25. The molecule has 6 heteroatoms. The molecule has 1 rings (SSSR count). The Balaban J connectivity index is 2.74. The van der Waals surface area contributed by atoms with E-state index in [1.807, 2.05) is 32.6 Å². The molecular formula is C14H26N2O4. The first-order valence-corrected chi connectivity index (χ1v) is 6.94. The second-order valence-corrected chi connectivity index (χ2v) is 6.21. The zero-order chi connectivity index (χ0) is 15.3. The molecule has 1 aliphatic heterocycles. The first-order valence-electron chi connectivity index (χ1n) is 6.94. The summed E-state index contributed by atoms with van der Waals surface area (Å²) < 4.78 is 10.6. The summed E-state index contributed by atoms with van der Waals surface area (Å²) in [5.41, 5.74) is -0.506. The van der Waals surface area contributed by atoms with Gasteiger partial charge in [-0.25, -0.2) is 4.79 Å². The van der Waals surface area contributed by atoms with Crippen molar-refractivity contribution < 1.29 is 19.1 Å². The summed E-state index contributed by atoms with van der Waals surface area (Å²) in [6, 6.07) is 0.0341. The molecule has 1 amide bonds. The van der Waals surface area contributed by atoms with E-state index < -0.39 is 5.60 Å². The standard InChI is InChI=1S/C14H26N2O4/c1-11-8-15(6-7-17)12(10-19-5)9-16(11)13(18)20-14(2,3)4/h7,11-12H,6,8-10H2,1-5H3/t11-,12-/m1/s1. The smallest absolute Gasteiger partial charge is 0.410 e. The van der Waals surface area contributed by atoms with Gasteiger partial charge in [0.05, 0.1) is 19.2 Å². The number of piperazine rings is 1. The number of methoxy groups -OCH3 is 1. The van der Waals surface area contributed by atoms with E-state index in [4.69, 9.17) is 9.47 Å². The highest BCUT2D eigenvalue weighted by Crippen LogP contribution is 2.19. The van der Waals surface area contributed by atoms with Gasteiger partial charge in [-0.15, -0.1) is 0 Å². The Hall–Kier alpha value is -1.14. The second kappa shape index (κ2) is 7.04. The minimum Gasteiger partial charge on any atom is -0.444 e. The summed E-state index contributed by atoms with van der Waals surface area (Å²) in [4.78, 5) is 26.7. The monoisotopic (exact) mass is 286 g/mol. The fourth-order valence-corrected chi connectivity index (χ4v) is 2.35. The third kappa shape index (κ3) is 4.76. The van der Waals surface area contributed by atoms with Crippen molar-refractivity contribution in [1.29, 1.82) is 0 Å². The van der Waals surface area contributed by atoms with E-state index in [1.165, 1.54) is 0 Å². The van der Waals surface area contributed by atoms with Crippen molar-refractivity contribution in [1.82, 2.24) is 9.80 Å². The number of nitrogens with zero attached hydrogens (tertiary/aromatic N) is 2. The molecule has 0 unspecified atom stereocenters. The summed E-state index contributed by atoms with van der Waals surface area (Å²) in [6.07, 6.45) is 0.579. The highest BCUT2D eigenvalue weighted by Gasteiger charge is 2.35. The lowest BCUT2D eigenvalue weighted by atomic mass is 10.1. The molecule has 20 heavy (non-hydrogen) atoms. The lowest BCUT2D eigenvalue weighted by Crippen LogP contribution is -2.61. The molecule has 0 aromatic carbocycles. The molecule has 0 bridgehead atoms. The number of aldehydes is 1. The minimum atomic E-state index is -0.506. The molecule has 1 saturated heterocycles. The van der Waals surface area contributed by atoms with Crippen LogP contribution < -0.4 is 0 Å². The summed E-state index contributed by atoms with van der Waals surface area (Å²) in [6.45, 7) is 9.52. The molecule has 1 aliphatic rings. The molecular weight excluding hydrogens is 260 g/mol. The highest BCUT2D eigenvalue weighted by atomic mass is 16.6. The number of rotatable bonds is 4. The van der Waals surface area contributed by atoms with Crippen LogP contribution in [0.2, 0.25) is 0 Å². The van der Waals surface area contributed by atoms with E-state index in [1.54, 1.807) is 12.0 Å². The normalized spacial score (nSPS) is 24.6. The van der Waals surface area contributed by atoms with E-state index >= 15 is 0 Å². The number of carbonyl (C=O) groups excluding carboxylic acids is 2. The average Bonchev–Trinajstić information content (AvgIpc) is 2.30. The van der Waals surface area contributed by atoms with Gasteiger partial charge in [0.2, 0.25) is 0 Å².